The summed E-state index contributed by atoms with van der Waals surface area (Å²) in [6, 6.07) is 8.61. The van der Waals surface area contributed by atoms with E-state index < -0.39 is 0 Å². The lowest BCUT2D eigenvalue weighted by Crippen LogP contribution is -2.24. The van der Waals surface area contributed by atoms with Crippen LogP contribution in [0.2, 0.25) is 10.0 Å². The maximum absolute atomic E-state index is 13.1. The van der Waals surface area contributed by atoms with Crippen LogP contribution in [0.15, 0.2) is 36.5 Å². The molecule has 1 unspecified atom stereocenters. The molecule has 3 rings (SSSR count). The third-order valence-electron chi connectivity index (χ3n) is 5.21. The first kappa shape index (κ1) is 20.6. The van der Waals surface area contributed by atoms with Gasteiger partial charge in [0.2, 0.25) is 5.91 Å². The molecule has 1 heterocycles. The predicted octanol–water partition coefficient (Wildman–Crippen LogP) is 5.05. The lowest BCUT2D eigenvalue weighted by atomic mass is 9.87. The monoisotopic (exact) mass is 419 g/mol. The lowest BCUT2D eigenvalue weighted by Gasteiger charge is -2.21. The Kier molecular flexibility index (Phi) is 6.92. The van der Waals surface area contributed by atoms with Gasteiger partial charge in [-0.2, -0.15) is 0 Å². The smallest absolute Gasteiger partial charge is 0.252 e. The highest BCUT2D eigenvalue weighted by molar-refractivity contribution is 6.42. The highest BCUT2D eigenvalue weighted by atomic mass is 35.5. The Labute approximate surface area is 174 Å². The van der Waals surface area contributed by atoms with Crippen molar-refractivity contribution < 1.29 is 9.59 Å². The minimum atomic E-state index is -0.335. The van der Waals surface area contributed by atoms with Gasteiger partial charge < -0.3 is 10.6 Å². The van der Waals surface area contributed by atoms with E-state index in [1.807, 2.05) is 6.07 Å². The molecule has 1 aliphatic carbocycles. The van der Waals surface area contributed by atoms with E-state index in [1.54, 1.807) is 31.3 Å². The number of nitrogens with zero attached hydrogens (tertiary/aromatic N) is 1. The molecule has 0 radical (unpaired) electrons. The molecule has 28 heavy (non-hydrogen) atoms. The molecule has 1 aliphatic rings. The van der Waals surface area contributed by atoms with Crippen LogP contribution in [-0.4, -0.2) is 23.8 Å². The molecule has 0 spiro atoms. The molecule has 2 amide bonds. The van der Waals surface area contributed by atoms with Gasteiger partial charge in [-0.15, -0.1) is 0 Å². The van der Waals surface area contributed by atoms with Gasteiger partial charge in [0.05, 0.1) is 21.5 Å². The van der Waals surface area contributed by atoms with Crippen molar-refractivity contribution in [3.05, 3.63) is 57.7 Å². The molecule has 2 N–H and O–H groups in total. The zero-order valence-corrected chi connectivity index (χ0v) is 17.2. The van der Waals surface area contributed by atoms with Crippen LogP contribution in [0.4, 0.5) is 5.82 Å². The van der Waals surface area contributed by atoms with Gasteiger partial charge >= 0.3 is 0 Å². The van der Waals surface area contributed by atoms with E-state index >= 15 is 0 Å². The van der Waals surface area contributed by atoms with Gasteiger partial charge in [-0.25, -0.2) is 4.98 Å². The molecule has 1 saturated carbocycles. The van der Waals surface area contributed by atoms with Gasteiger partial charge in [0.25, 0.3) is 5.91 Å². The molecule has 1 aromatic carbocycles. The van der Waals surface area contributed by atoms with E-state index in [0.717, 1.165) is 24.8 Å². The molecular weight excluding hydrogens is 397 g/mol. The molecule has 0 aliphatic heterocycles. The first-order valence-electron chi connectivity index (χ1n) is 9.42. The van der Waals surface area contributed by atoms with Crippen molar-refractivity contribution in [3.63, 3.8) is 0 Å². The third kappa shape index (κ3) is 5.03. The number of rotatable bonds is 6. The first-order valence-corrected chi connectivity index (χ1v) is 10.2. The number of hydrogen-bond donors (Lipinski definition) is 2. The molecular formula is C21H23Cl2N3O2. The number of carbonyl (C=O) groups excluding carboxylic acids is 2. The summed E-state index contributed by atoms with van der Waals surface area (Å²) >= 11 is 12.2. The summed E-state index contributed by atoms with van der Waals surface area (Å²) in [5.74, 6) is 0.243. The summed E-state index contributed by atoms with van der Waals surface area (Å²) in [7, 11) is 1.56. The van der Waals surface area contributed by atoms with E-state index in [1.165, 1.54) is 19.0 Å². The second-order valence-corrected chi connectivity index (χ2v) is 7.93. The molecule has 1 atom stereocenters. The molecule has 7 heteroatoms. The summed E-state index contributed by atoms with van der Waals surface area (Å²) in [6.07, 6.45) is 6.92. The van der Waals surface area contributed by atoms with E-state index in [2.05, 4.69) is 15.6 Å². The minimum absolute atomic E-state index is 0.134. The minimum Gasteiger partial charge on any atom is -0.355 e. The summed E-state index contributed by atoms with van der Waals surface area (Å²) < 4.78 is 0. The Morgan fingerprint density at radius 2 is 1.89 bits per heavy atom. The molecule has 1 fully saturated rings. The maximum atomic E-state index is 13.1. The van der Waals surface area contributed by atoms with Gasteiger partial charge in [-0.3, -0.25) is 9.59 Å². The fourth-order valence-electron chi connectivity index (χ4n) is 3.66. The summed E-state index contributed by atoms with van der Waals surface area (Å²) in [6.45, 7) is 0. The number of benzene rings is 1. The average Bonchev–Trinajstić information content (AvgIpc) is 3.21. The second-order valence-electron chi connectivity index (χ2n) is 7.11. The number of halogens is 2. The van der Waals surface area contributed by atoms with E-state index in [-0.39, 0.29) is 17.7 Å². The van der Waals surface area contributed by atoms with Crippen LogP contribution in [0.5, 0.6) is 0 Å². The largest absolute Gasteiger partial charge is 0.355 e. The van der Waals surface area contributed by atoms with Crippen LogP contribution >= 0.6 is 23.2 Å². The van der Waals surface area contributed by atoms with Crippen molar-refractivity contribution in [1.29, 1.82) is 0 Å². The number of carbonyl (C=O) groups is 2. The van der Waals surface area contributed by atoms with Gasteiger partial charge in [-0.1, -0.05) is 55.0 Å². The van der Waals surface area contributed by atoms with Crippen LogP contribution in [0.3, 0.4) is 0 Å². The lowest BCUT2D eigenvalue weighted by molar-refractivity contribution is -0.118. The second kappa shape index (κ2) is 9.39. The summed E-state index contributed by atoms with van der Waals surface area (Å²) in [4.78, 5) is 28.9. The Balaban J connectivity index is 1.79. The number of amides is 2. The van der Waals surface area contributed by atoms with Crippen molar-refractivity contribution in [2.45, 2.75) is 38.0 Å². The van der Waals surface area contributed by atoms with Crippen molar-refractivity contribution in [2.75, 3.05) is 12.4 Å². The van der Waals surface area contributed by atoms with Crippen molar-refractivity contribution in [2.24, 2.45) is 5.92 Å². The fraction of sp³-hybridized carbons (Fsp3) is 0.381. The summed E-state index contributed by atoms with van der Waals surface area (Å²) in [5.41, 5.74) is 1.29. The van der Waals surface area contributed by atoms with Gasteiger partial charge in [0.1, 0.15) is 5.82 Å². The maximum Gasteiger partial charge on any atom is 0.252 e. The molecule has 2 aromatic rings. The predicted molar refractivity (Wildman–Crippen MR) is 112 cm³/mol. The zero-order valence-electron chi connectivity index (χ0n) is 15.7. The number of aromatic nitrogens is 1. The number of pyridine rings is 1. The first-order chi connectivity index (χ1) is 13.5. The van der Waals surface area contributed by atoms with Crippen LogP contribution < -0.4 is 10.6 Å². The van der Waals surface area contributed by atoms with E-state index in [4.69, 9.17) is 23.2 Å². The van der Waals surface area contributed by atoms with Crippen LogP contribution in [-0.2, 0) is 4.79 Å². The fourth-order valence-corrected chi connectivity index (χ4v) is 3.97. The quantitative estimate of drug-likeness (QED) is 0.687. The number of hydrogen-bond acceptors (Lipinski definition) is 3. The highest BCUT2D eigenvalue weighted by Crippen LogP contribution is 2.36. The van der Waals surface area contributed by atoms with Gasteiger partial charge in [-0.05, 0) is 42.2 Å². The number of anilines is 1. The molecule has 0 saturated heterocycles. The Hall–Kier alpha value is -2.11. The SMILES string of the molecule is CNC(=O)c1ccc(NC(=O)C(CC2CCCC2)c2ccc(Cl)c(Cl)c2)nc1. The number of nitrogens with one attached hydrogen (secondary N) is 2. The summed E-state index contributed by atoms with van der Waals surface area (Å²) in [5, 5.41) is 6.33. The average molecular weight is 420 g/mol. The highest BCUT2D eigenvalue weighted by Gasteiger charge is 2.27. The molecule has 0 bridgehead atoms. The molecule has 148 valence electrons. The standard InChI is InChI=1S/C21H23Cl2N3O2/c1-24-20(27)15-7-9-19(25-12-15)26-21(28)16(10-13-4-2-3-5-13)14-6-8-17(22)18(23)11-14/h6-9,11-13,16H,2-5,10H2,1H3,(H,24,27)(H,25,26,28). The van der Waals surface area contributed by atoms with Crippen LogP contribution in [0.1, 0.15) is 53.9 Å². The van der Waals surface area contributed by atoms with Gasteiger partial charge in [0, 0.05) is 13.2 Å². The normalized spacial score (nSPS) is 15.2. The Morgan fingerprint density at radius 3 is 2.50 bits per heavy atom. The van der Waals surface area contributed by atoms with E-state index in [0.29, 0.717) is 27.3 Å². The molecule has 5 nitrogen and oxygen atoms in total. The van der Waals surface area contributed by atoms with Gasteiger partial charge in [0.15, 0.2) is 0 Å². The van der Waals surface area contributed by atoms with Crippen molar-refractivity contribution in [1.82, 2.24) is 10.3 Å². The third-order valence-corrected chi connectivity index (χ3v) is 5.95. The Bertz CT molecular complexity index is 849. The molecule has 1 aromatic heterocycles. The van der Waals surface area contributed by atoms with Crippen molar-refractivity contribution in [3.8, 4) is 0 Å². The zero-order chi connectivity index (χ0) is 20.1. The van der Waals surface area contributed by atoms with Crippen LogP contribution in [0, 0.1) is 5.92 Å². The van der Waals surface area contributed by atoms with Crippen LogP contribution in [0.25, 0.3) is 0 Å². The Morgan fingerprint density at radius 1 is 1.14 bits per heavy atom. The van der Waals surface area contributed by atoms with Crippen molar-refractivity contribution >= 4 is 40.8 Å². The van der Waals surface area contributed by atoms with E-state index in [9.17, 15) is 9.59 Å². The topological polar surface area (TPSA) is 71.1 Å².